The maximum atomic E-state index is 14.5. The number of Topliss-reactive ketones (excluding diaryl/α,β-unsaturated/α-hetero) is 1. The van der Waals surface area contributed by atoms with Crippen LogP contribution in [0.2, 0.25) is 5.02 Å². The maximum absolute atomic E-state index is 14.5. The highest BCUT2D eigenvalue weighted by Gasteiger charge is 2.50. The number of carbonyl (C=O) groups is 1. The van der Waals surface area contributed by atoms with Crippen LogP contribution in [0.4, 0.5) is 17.6 Å². The Kier molecular flexibility index (Phi) is 6.08. The van der Waals surface area contributed by atoms with Gasteiger partial charge in [0.15, 0.2) is 11.9 Å². The first-order valence-corrected chi connectivity index (χ1v) is 9.28. The minimum Gasteiger partial charge on any atom is -0.495 e. The van der Waals surface area contributed by atoms with E-state index >= 15 is 0 Å². The Morgan fingerprint density at radius 2 is 2.13 bits per heavy atom. The number of hydrogen-bond donors (Lipinski definition) is 1. The second-order valence-electron chi connectivity index (χ2n) is 7.01. The van der Waals surface area contributed by atoms with Crippen molar-refractivity contribution in [2.75, 3.05) is 7.11 Å². The van der Waals surface area contributed by atoms with Gasteiger partial charge in [-0.25, -0.2) is 14.4 Å². The largest absolute Gasteiger partial charge is 0.495 e. The second-order valence-corrected chi connectivity index (χ2v) is 7.42. The van der Waals surface area contributed by atoms with Crippen LogP contribution in [0.1, 0.15) is 35.2 Å². The van der Waals surface area contributed by atoms with Crippen LogP contribution in [-0.4, -0.2) is 41.2 Å². The molecule has 0 radical (unpaired) electrons. The molecule has 2 aromatic rings. The van der Waals surface area contributed by atoms with Crippen LogP contribution in [0.15, 0.2) is 29.4 Å². The van der Waals surface area contributed by atoms with Crippen molar-refractivity contribution in [2.45, 2.75) is 37.6 Å². The van der Waals surface area contributed by atoms with Crippen LogP contribution < -0.4 is 10.5 Å². The van der Waals surface area contributed by atoms with Crippen LogP contribution in [-0.2, 0) is 16.7 Å². The number of pyridine rings is 2. The van der Waals surface area contributed by atoms with Gasteiger partial charge in [-0.2, -0.15) is 13.2 Å². The van der Waals surface area contributed by atoms with Crippen LogP contribution in [0.3, 0.4) is 0 Å². The van der Waals surface area contributed by atoms with Crippen molar-refractivity contribution < 1.29 is 31.8 Å². The van der Waals surface area contributed by atoms with E-state index in [2.05, 4.69) is 19.7 Å². The topological polar surface area (TPSA) is 99.7 Å². The normalized spacial score (nSPS) is 21.3. The fraction of sp³-hybridized carbons (Fsp3) is 0.368. The van der Waals surface area contributed by atoms with Gasteiger partial charge in [0.25, 0.3) is 6.02 Å². The summed E-state index contributed by atoms with van der Waals surface area (Å²) in [7, 11) is 1.41. The number of alkyl halides is 3. The van der Waals surface area contributed by atoms with Crippen molar-refractivity contribution >= 4 is 23.4 Å². The lowest BCUT2D eigenvalue weighted by atomic mass is 9.89. The Morgan fingerprint density at radius 1 is 1.42 bits per heavy atom. The smallest absolute Gasteiger partial charge is 0.425 e. The number of halogens is 5. The van der Waals surface area contributed by atoms with Gasteiger partial charge in [-0.1, -0.05) is 11.6 Å². The summed E-state index contributed by atoms with van der Waals surface area (Å²) in [5, 5.41) is 0.0495. The third-order valence-electron chi connectivity index (χ3n) is 4.64. The number of nitrogens with two attached hydrogens (primary N) is 1. The lowest BCUT2D eigenvalue weighted by Crippen LogP contribution is -2.46. The Morgan fingerprint density at radius 3 is 2.74 bits per heavy atom. The van der Waals surface area contributed by atoms with Crippen LogP contribution in [0.5, 0.6) is 5.75 Å². The molecule has 1 aliphatic rings. The number of aliphatic imine (C=N–C) groups is 1. The molecule has 0 aromatic carbocycles. The molecular weight excluding hydrogens is 444 g/mol. The van der Waals surface area contributed by atoms with Gasteiger partial charge in [0.2, 0.25) is 0 Å². The number of ether oxygens (including phenoxy) is 2. The van der Waals surface area contributed by atoms with Gasteiger partial charge in [0, 0.05) is 18.2 Å². The molecular formula is C19H17ClF4N4O3. The SMILES string of the molecule is COc1cnc(C(=O)Cc2ccc(F)c([C@]3(C)C[C@@H](C(F)(F)F)OC(N)=N3)n2)c(Cl)c1. The van der Waals surface area contributed by atoms with E-state index in [-0.39, 0.29) is 28.5 Å². The lowest BCUT2D eigenvalue weighted by molar-refractivity contribution is -0.208. The first-order chi connectivity index (χ1) is 14.4. The van der Waals surface area contributed by atoms with Gasteiger partial charge < -0.3 is 15.2 Å². The van der Waals surface area contributed by atoms with Gasteiger partial charge in [-0.15, -0.1) is 0 Å². The predicted molar refractivity (Wildman–Crippen MR) is 103 cm³/mol. The Labute approximate surface area is 179 Å². The number of nitrogens with zero attached hydrogens (tertiary/aromatic N) is 3. The fourth-order valence-corrected chi connectivity index (χ4v) is 3.40. The van der Waals surface area contributed by atoms with Gasteiger partial charge >= 0.3 is 6.18 Å². The number of amidine groups is 1. The van der Waals surface area contributed by atoms with Crippen molar-refractivity contribution in [1.29, 1.82) is 0 Å². The van der Waals surface area contributed by atoms with Crippen molar-refractivity contribution in [1.82, 2.24) is 9.97 Å². The molecule has 0 saturated carbocycles. The molecule has 0 bridgehead atoms. The minimum absolute atomic E-state index is 0.0492. The first kappa shape index (κ1) is 22.7. The average Bonchev–Trinajstić information content (AvgIpc) is 2.67. The van der Waals surface area contributed by atoms with E-state index in [0.717, 1.165) is 6.07 Å². The van der Waals surface area contributed by atoms with Crippen LogP contribution >= 0.6 is 11.6 Å². The van der Waals surface area contributed by atoms with Crippen molar-refractivity contribution in [3.05, 3.63) is 52.3 Å². The zero-order valence-corrected chi connectivity index (χ0v) is 17.1. The molecule has 0 spiro atoms. The zero-order valence-electron chi connectivity index (χ0n) is 16.3. The summed E-state index contributed by atoms with van der Waals surface area (Å²) in [6.07, 6.45) is -6.75. The summed E-state index contributed by atoms with van der Waals surface area (Å²) in [6, 6.07) is 2.92. The number of methoxy groups -OCH3 is 1. The summed E-state index contributed by atoms with van der Waals surface area (Å²) >= 11 is 6.05. The molecule has 0 aliphatic carbocycles. The maximum Gasteiger partial charge on any atom is 0.425 e. The zero-order chi connectivity index (χ0) is 23.0. The molecule has 1 aliphatic heterocycles. The lowest BCUT2D eigenvalue weighted by Gasteiger charge is -2.35. The highest BCUT2D eigenvalue weighted by Crippen LogP contribution is 2.40. The Balaban J connectivity index is 1.91. The molecule has 2 atom stereocenters. The molecule has 7 nitrogen and oxygen atoms in total. The standard InChI is InChI=1S/C19H17ClF4N4O3/c1-18(7-14(19(22,23)24)31-17(25)28-18)16-12(21)4-3-9(27-16)5-13(29)15-11(20)6-10(30-2)8-26-15/h3-4,6,8,14H,5,7H2,1-2H3,(H2,25,28)/t14-,18-/m0/s1. The number of aromatic nitrogens is 2. The van der Waals surface area contributed by atoms with E-state index < -0.39 is 41.9 Å². The molecule has 0 saturated heterocycles. The van der Waals surface area contributed by atoms with Gasteiger partial charge in [0.05, 0.1) is 24.8 Å². The number of rotatable bonds is 5. The minimum atomic E-state index is -4.73. The van der Waals surface area contributed by atoms with E-state index in [9.17, 15) is 22.4 Å². The van der Waals surface area contributed by atoms with Gasteiger partial charge in [-0.3, -0.25) is 9.78 Å². The predicted octanol–water partition coefficient (Wildman–Crippen LogP) is 3.58. The highest BCUT2D eigenvalue weighted by atomic mass is 35.5. The third kappa shape index (κ3) is 4.87. The van der Waals surface area contributed by atoms with E-state index in [1.807, 2.05) is 0 Å². The summed E-state index contributed by atoms with van der Waals surface area (Å²) in [5.74, 6) is -1.06. The van der Waals surface area contributed by atoms with E-state index in [1.165, 1.54) is 32.4 Å². The molecule has 0 amide bonds. The molecule has 3 rings (SSSR count). The monoisotopic (exact) mass is 460 g/mol. The van der Waals surface area contributed by atoms with Gasteiger partial charge in [-0.05, 0) is 19.1 Å². The summed E-state index contributed by atoms with van der Waals surface area (Å²) in [5.41, 5.74) is 3.33. The summed E-state index contributed by atoms with van der Waals surface area (Å²) in [6.45, 7) is 1.26. The fourth-order valence-electron chi connectivity index (χ4n) is 3.14. The third-order valence-corrected chi connectivity index (χ3v) is 4.93. The molecule has 0 fully saturated rings. The van der Waals surface area contributed by atoms with Crippen LogP contribution in [0.25, 0.3) is 0 Å². The number of hydrogen-bond acceptors (Lipinski definition) is 7. The van der Waals surface area contributed by atoms with Crippen molar-refractivity contribution in [3.8, 4) is 5.75 Å². The molecule has 3 heterocycles. The van der Waals surface area contributed by atoms with Crippen LogP contribution in [0, 0.1) is 5.82 Å². The molecule has 2 N–H and O–H groups in total. The first-order valence-electron chi connectivity index (χ1n) is 8.90. The quantitative estimate of drug-likeness (QED) is 0.541. The number of ketones is 1. The van der Waals surface area contributed by atoms with Gasteiger partial charge in [0.1, 0.15) is 28.5 Å². The Hall–Kier alpha value is -2.95. The van der Waals surface area contributed by atoms with Crippen molar-refractivity contribution in [3.63, 3.8) is 0 Å². The summed E-state index contributed by atoms with van der Waals surface area (Å²) < 4.78 is 63.6. The highest BCUT2D eigenvalue weighted by molar-refractivity contribution is 6.33. The van der Waals surface area contributed by atoms with E-state index in [4.69, 9.17) is 22.1 Å². The molecule has 166 valence electrons. The second kappa shape index (κ2) is 8.29. The van der Waals surface area contributed by atoms with Crippen molar-refractivity contribution in [2.24, 2.45) is 10.7 Å². The number of carbonyl (C=O) groups excluding carboxylic acids is 1. The molecule has 31 heavy (non-hydrogen) atoms. The molecule has 12 heteroatoms. The Bertz CT molecular complexity index is 1050. The average molecular weight is 461 g/mol. The summed E-state index contributed by atoms with van der Waals surface area (Å²) in [4.78, 5) is 24.5. The molecule has 2 aromatic heterocycles. The molecule has 0 unspecified atom stereocenters. The van der Waals surface area contributed by atoms with E-state index in [1.54, 1.807) is 0 Å². The van der Waals surface area contributed by atoms with E-state index in [0.29, 0.717) is 5.75 Å².